The van der Waals surface area contributed by atoms with E-state index in [2.05, 4.69) is 15.3 Å². The summed E-state index contributed by atoms with van der Waals surface area (Å²) in [6.07, 6.45) is 3.53. The quantitative estimate of drug-likeness (QED) is 0.603. The molecule has 1 aromatic heterocycles. The summed E-state index contributed by atoms with van der Waals surface area (Å²) in [4.78, 5) is 32.0. The SMILES string of the molecule is CCNc1ncnc(N2CCCCC2C(N)=O)c1[N+](=O)[O-]. The molecule has 9 nitrogen and oxygen atoms in total. The molecular formula is C12H18N6O3. The van der Waals surface area contributed by atoms with Gasteiger partial charge in [0, 0.05) is 13.1 Å². The average Bonchev–Trinajstić information content (AvgIpc) is 2.47. The van der Waals surface area contributed by atoms with Crippen LogP contribution in [0.15, 0.2) is 6.33 Å². The summed E-state index contributed by atoms with van der Waals surface area (Å²) in [5, 5.41) is 14.2. The molecule has 2 heterocycles. The number of rotatable bonds is 5. The first-order valence-corrected chi connectivity index (χ1v) is 6.85. The van der Waals surface area contributed by atoms with Gasteiger partial charge < -0.3 is 16.0 Å². The molecule has 3 N–H and O–H groups in total. The highest BCUT2D eigenvalue weighted by atomic mass is 16.6. The van der Waals surface area contributed by atoms with Gasteiger partial charge in [0.15, 0.2) is 0 Å². The van der Waals surface area contributed by atoms with E-state index in [1.54, 1.807) is 4.90 Å². The van der Waals surface area contributed by atoms with Crippen LogP contribution < -0.4 is 16.0 Å². The highest BCUT2D eigenvalue weighted by Gasteiger charge is 2.34. The molecule has 0 bridgehead atoms. The van der Waals surface area contributed by atoms with E-state index in [0.29, 0.717) is 19.5 Å². The van der Waals surface area contributed by atoms with Crippen molar-refractivity contribution in [1.82, 2.24) is 9.97 Å². The molecule has 0 saturated carbocycles. The number of hydrogen-bond acceptors (Lipinski definition) is 7. The summed E-state index contributed by atoms with van der Waals surface area (Å²) >= 11 is 0. The van der Waals surface area contributed by atoms with E-state index in [-0.39, 0.29) is 17.3 Å². The molecule has 1 unspecified atom stereocenters. The topological polar surface area (TPSA) is 127 Å². The van der Waals surface area contributed by atoms with Crippen LogP contribution in [0, 0.1) is 10.1 Å². The molecule has 0 radical (unpaired) electrons. The number of aromatic nitrogens is 2. The lowest BCUT2D eigenvalue weighted by atomic mass is 10.0. The molecular weight excluding hydrogens is 276 g/mol. The molecule has 1 saturated heterocycles. The van der Waals surface area contributed by atoms with Gasteiger partial charge >= 0.3 is 5.69 Å². The first-order chi connectivity index (χ1) is 10.1. The Morgan fingerprint density at radius 2 is 2.33 bits per heavy atom. The van der Waals surface area contributed by atoms with E-state index in [0.717, 1.165) is 12.8 Å². The Morgan fingerprint density at radius 3 is 2.95 bits per heavy atom. The highest BCUT2D eigenvalue weighted by Crippen LogP contribution is 2.34. The average molecular weight is 294 g/mol. The molecule has 1 aliphatic heterocycles. The standard InChI is InChI=1S/C12H18N6O3/c1-2-14-11-9(18(20)21)12(16-7-15-11)17-6-4-3-5-8(17)10(13)19/h7-8H,2-6H2,1H3,(H2,13,19)(H,14,15,16). The van der Waals surface area contributed by atoms with Gasteiger partial charge in [-0.05, 0) is 26.2 Å². The Labute approximate surface area is 121 Å². The summed E-state index contributed by atoms with van der Waals surface area (Å²) in [5.74, 6) is -0.191. The fourth-order valence-electron chi connectivity index (χ4n) is 2.53. The van der Waals surface area contributed by atoms with Crippen molar-refractivity contribution in [3.63, 3.8) is 0 Å². The normalized spacial score (nSPS) is 18.3. The van der Waals surface area contributed by atoms with Crippen molar-refractivity contribution < 1.29 is 9.72 Å². The van der Waals surface area contributed by atoms with Crippen LogP contribution in [-0.4, -0.2) is 39.9 Å². The van der Waals surface area contributed by atoms with E-state index in [4.69, 9.17) is 5.73 Å². The first-order valence-electron chi connectivity index (χ1n) is 6.85. The minimum absolute atomic E-state index is 0.148. The summed E-state index contributed by atoms with van der Waals surface area (Å²) < 4.78 is 0. The molecule has 0 aromatic carbocycles. The van der Waals surface area contributed by atoms with E-state index < -0.39 is 16.9 Å². The zero-order valence-corrected chi connectivity index (χ0v) is 11.8. The lowest BCUT2D eigenvalue weighted by Gasteiger charge is -2.34. The van der Waals surface area contributed by atoms with Crippen molar-refractivity contribution in [3.05, 3.63) is 16.4 Å². The van der Waals surface area contributed by atoms with Crippen molar-refractivity contribution in [2.24, 2.45) is 5.73 Å². The van der Waals surface area contributed by atoms with Gasteiger partial charge in [-0.25, -0.2) is 9.97 Å². The molecule has 9 heteroatoms. The third-order valence-electron chi connectivity index (χ3n) is 3.43. The predicted molar refractivity (Wildman–Crippen MR) is 77.0 cm³/mol. The largest absolute Gasteiger partial charge is 0.368 e. The molecule has 1 aromatic rings. The van der Waals surface area contributed by atoms with Crippen LogP contribution in [0.5, 0.6) is 0 Å². The number of anilines is 2. The number of primary amides is 1. The van der Waals surface area contributed by atoms with Crippen LogP contribution in [0.3, 0.4) is 0 Å². The van der Waals surface area contributed by atoms with Crippen LogP contribution in [0.1, 0.15) is 26.2 Å². The number of nitrogens with one attached hydrogen (secondary N) is 1. The lowest BCUT2D eigenvalue weighted by Crippen LogP contribution is -2.48. The Balaban J connectivity index is 2.48. The molecule has 114 valence electrons. The zero-order valence-electron chi connectivity index (χ0n) is 11.8. The summed E-state index contributed by atoms with van der Waals surface area (Å²) in [6, 6.07) is -0.568. The molecule has 1 atom stereocenters. The molecule has 1 aliphatic rings. The van der Waals surface area contributed by atoms with Crippen molar-refractivity contribution in [2.45, 2.75) is 32.2 Å². The third kappa shape index (κ3) is 3.01. The molecule has 1 fully saturated rings. The molecule has 21 heavy (non-hydrogen) atoms. The fraction of sp³-hybridized carbons (Fsp3) is 0.583. The van der Waals surface area contributed by atoms with Gasteiger partial charge in [-0.15, -0.1) is 0 Å². The number of nitrogens with two attached hydrogens (primary N) is 1. The minimum Gasteiger partial charge on any atom is -0.368 e. The van der Waals surface area contributed by atoms with Gasteiger partial charge in [-0.3, -0.25) is 14.9 Å². The van der Waals surface area contributed by atoms with Crippen LogP contribution in [-0.2, 0) is 4.79 Å². The molecule has 1 amide bonds. The maximum Gasteiger partial charge on any atom is 0.353 e. The number of carbonyl (C=O) groups excluding carboxylic acids is 1. The number of carbonyl (C=O) groups is 1. The minimum atomic E-state index is -0.568. The maximum absolute atomic E-state index is 11.6. The van der Waals surface area contributed by atoms with E-state index in [1.807, 2.05) is 6.92 Å². The number of hydrogen-bond donors (Lipinski definition) is 2. The summed E-state index contributed by atoms with van der Waals surface area (Å²) in [6.45, 7) is 2.83. The Kier molecular flexibility index (Phi) is 4.51. The van der Waals surface area contributed by atoms with E-state index in [1.165, 1.54) is 6.33 Å². The second-order valence-corrected chi connectivity index (χ2v) is 4.79. The van der Waals surface area contributed by atoms with Crippen LogP contribution in [0.2, 0.25) is 0 Å². The second kappa shape index (κ2) is 6.33. The number of piperidine rings is 1. The Morgan fingerprint density at radius 1 is 1.57 bits per heavy atom. The van der Waals surface area contributed by atoms with Gasteiger partial charge in [-0.1, -0.05) is 0 Å². The van der Waals surface area contributed by atoms with Crippen molar-refractivity contribution >= 4 is 23.2 Å². The van der Waals surface area contributed by atoms with Crippen molar-refractivity contribution in [1.29, 1.82) is 0 Å². The Hall–Kier alpha value is -2.45. The van der Waals surface area contributed by atoms with Crippen molar-refractivity contribution in [3.8, 4) is 0 Å². The molecule has 2 rings (SSSR count). The predicted octanol–water partition coefficient (Wildman–Crippen LogP) is 0.661. The molecule has 0 spiro atoms. The third-order valence-corrected chi connectivity index (χ3v) is 3.43. The van der Waals surface area contributed by atoms with Gasteiger partial charge in [-0.2, -0.15) is 0 Å². The van der Waals surface area contributed by atoms with Gasteiger partial charge in [0.1, 0.15) is 12.4 Å². The smallest absolute Gasteiger partial charge is 0.353 e. The van der Waals surface area contributed by atoms with Gasteiger partial charge in [0.05, 0.1) is 4.92 Å². The second-order valence-electron chi connectivity index (χ2n) is 4.79. The van der Waals surface area contributed by atoms with Gasteiger partial charge in [0.2, 0.25) is 17.5 Å². The summed E-state index contributed by atoms with van der Waals surface area (Å²) in [7, 11) is 0. The Bertz CT molecular complexity index is 550. The maximum atomic E-state index is 11.6. The highest BCUT2D eigenvalue weighted by molar-refractivity contribution is 5.85. The van der Waals surface area contributed by atoms with Crippen LogP contribution in [0.4, 0.5) is 17.3 Å². The lowest BCUT2D eigenvalue weighted by molar-refractivity contribution is -0.383. The number of nitrogens with zero attached hydrogens (tertiary/aromatic N) is 4. The summed E-state index contributed by atoms with van der Waals surface area (Å²) in [5.41, 5.74) is 5.19. The van der Waals surface area contributed by atoms with E-state index >= 15 is 0 Å². The zero-order chi connectivity index (χ0) is 15.4. The van der Waals surface area contributed by atoms with E-state index in [9.17, 15) is 14.9 Å². The fourth-order valence-corrected chi connectivity index (χ4v) is 2.53. The number of amides is 1. The van der Waals surface area contributed by atoms with Crippen molar-refractivity contribution in [2.75, 3.05) is 23.3 Å². The first kappa shape index (κ1) is 14.9. The monoisotopic (exact) mass is 294 g/mol. The molecule has 0 aliphatic carbocycles. The van der Waals surface area contributed by atoms with Crippen LogP contribution >= 0.6 is 0 Å². The number of nitro groups is 1. The van der Waals surface area contributed by atoms with Crippen LogP contribution in [0.25, 0.3) is 0 Å². The van der Waals surface area contributed by atoms with Gasteiger partial charge in [0.25, 0.3) is 0 Å².